The molecule has 13 heteroatoms. The topological polar surface area (TPSA) is 95.0 Å². The first-order chi connectivity index (χ1) is 22.2. The first-order valence-electron chi connectivity index (χ1n) is 15.0. The Morgan fingerprint density at radius 3 is 2.46 bits per heavy atom. The van der Waals surface area contributed by atoms with Gasteiger partial charge in [0.05, 0.1) is 59.3 Å². The smallest absolute Gasteiger partial charge is 0.337 e. The summed E-state index contributed by atoms with van der Waals surface area (Å²) in [5, 5.41) is 10.3. The number of fused-ring (bicyclic) bond motifs is 1. The average Bonchev–Trinajstić information content (AvgIpc) is 3.05. The standard InChI is InChI=1S/C33H35Cl2FN4O6/c1-37-6-7-39(17-22(37)18-44-2)21-12-26(34)30(27(35)13-21)32(41)40-16-20-4-3-5-23(31(20)46-19-40)24-15-29(38-8-10-45-11-9-38)25(33(42)43)14-28(24)36/h3-5,12-15,22H,6-11,16-19H2,1-2H3,(H,42,43). The summed E-state index contributed by atoms with van der Waals surface area (Å²) in [5.41, 5.74) is 2.65. The van der Waals surface area contributed by atoms with Crippen molar-refractivity contribution in [3.63, 3.8) is 0 Å². The molecule has 0 saturated carbocycles. The van der Waals surface area contributed by atoms with Gasteiger partial charge in [0.25, 0.3) is 5.91 Å². The number of carbonyl (C=O) groups is 2. The highest BCUT2D eigenvalue weighted by molar-refractivity contribution is 6.40. The molecule has 3 aromatic rings. The number of carboxylic acid groups (broad SMARTS) is 1. The van der Waals surface area contributed by atoms with Crippen molar-refractivity contribution >= 4 is 46.5 Å². The minimum atomic E-state index is -1.21. The van der Waals surface area contributed by atoms with Gasteiger partial charge >= 0.3 is 5.97 Å². The zero-order valence-electron chi connectivity index (χ0n) is 25.6. The molecule has 46 heavy (non-hydrogen) atoms. The van der Waals surface area contributed by atoms with E-state index in [1.165, 1.54) is 4.90 Å². The van der Waals surface area contributed by atoms with Crippen LogP contribution in [-0.2, 0) is 16.0 Å². The van der Waals surface area contributed by atoms with Gasteiger partial charge in [0, 0.05) is 62.2 Å². The van der Waals surface area contributed by atoms with Gasteiger partial charge in [-0.1, -0.05) is 41.4 Å². The fourth-order valence-corrected chi connectivity index (χ4v) is 6.92. The number of nitrogens with zero attached hydrogens (tertiary/aromatic N) is 4. The van der Waals surface area contributed by atoms with E-state index in [1.54, 1.807) is 43.5 Å². The highest BCUT2D eigenvalue weighted by Crippen LogP contribution is 2.41. The van der Waals surface area contributed by atoms with Crippen molar-refractivity contribution in [2.24, 2.45) is 0 Å². The number of hydrogen-bond acceptors (Lipinski definition) is 8. The molecule has 0 radical (unpaired) electrons. The lowest BCUT2D eigenvalue weighted by atomic mass is 9.97. The molecular formula is C33H35Cl2FN4O6. The van der Waals surface area contributed by atoms with Gasteiger partial charge in [-0.2, -0.15) is 0 Å². The Morgan fingerprint density at radius 1 is 1.02 bits per heavy atom. The van der Waals surface area contributed by atoms with Crippen LogP contribution in [0.15, 0.2) is 42.5 Å². The number of anilines is 2. The number of morpholine rings is 1. The Morgan fingerprint density at radius 2 is 1.76 bits per heavy atom. The monoisotopic (exact) mass is 672 g/mol. The lowest BCUT2D eigenvalue weighted by Crippen LogP contribution is -2.53. The fraction of sp³-hybridized carbons (Fsp3) is 0.394. The molecule has 244 valence electrons. The molecule has 1 N–H and O–H groups in total. The van der Waals surface area contributed by atoms with Crippen LogP contribution in [0.1, 0.15) is 26.3 Å². The highest BCUT2D eigenvalue weighted by atomic mass is 35.5. The molecule has 1 unspecified atom stereocenters. The maximum absolute atomic E-state index is 15.5. The molecule has 6 rings (SSSR count). The Labute approximate surface area is 276 Å². The van der Waals surface area contributed by atoms with E-state index in [2.05, 4.69) is 16.8 Å². The molecule has 3 aliphatic heterocycles. The van der Waals surface area contributed by atoms with Crippen molar-refractivity contribution in [2.75, 3.05) is 83.2 Å². The van der Waals surface area contributed by atoms with Gasteiger partial charge in [0.15, 0.2) is 6.73 Å². The largest absolute Gasteiger partial charge is 0.478 e. The van der Waals surface area contributed by atoms with E-state index in [1.807, 2.05) is 4.90 Å². The maximum atomic E-state index is 15.5. The van der Waals surface area contributed by atoms with E-state index in [-0.39, 0.29) is 52.0 Å². The number of carboxylic acids is 1. The fourth-order valence-electron chi connectivity index (χ4n) is 6.28. The molecule has 0 bridgehead atoms. The number of piperazine rings is 1. The van der Waals surface area contributed by atoms with Crippen molar-refractivity contribution in [3.05, 3.63) is 75.0 Å². The third kappa shape index (κ3) is 6.34. The van der Waals surface area contributed by atoms with Crippen LogP contribution < -0.4 is 14.5 Å². The second-order valence-corrected chi connectivity index (χ2v) is 12.5. The number of halogens is 3. The second kappa shape index (κ2) is 13.6. The molecule has 2 fully saturated rings. The number of hydrogen-bond donors (Lipinski definition) is 1. The van der Waals surface area contributed by atoms with Gasteiger partial charge in [-0.3, -0.25) is 9.69 Å². The van der Waals surface area contributed by atoms with Gasteiger partial charge < -0.3 is 34.0 Å². The molecule has 0 spiro atoms. The number of likely N-dealkylation sites (N-methyl/N-ethyl adjacent to an activating group) is 1. The van der Waals surface area contributed by atoms with Crippen LogP contribution >= 0.6 is 23.2 Å². The summed E-state index contributed by atoms with van der Waals surface area (Å²) in [5.74, 6) is -1.86. The summed E-state index contributed by atoms with van der Waals surface area (Å²) in [6.45, 7) is 4.89. The first kappa shape index (κ1) is 32.3. The number of ether oxygens (including phenoxy) is 3. The predicted octanol–water partition coefficient (Wildman–Crippen LogP) is 5.09. The van der Waals surface area contributed by atoms with Crippen molar-refractivity contribution < 1.29 is 33.3 Å². The Kier molecular flexibility index (Phi) is 9.58. The summed E-state index contributed by atoms with van der Waals surface area (Å²) >= 11 is 13.4. The third-order valence-electron chi connectivity index (χ3n) is 8.81. The molecule has 1 amide bonds. The van der Waals surface area contributed by atoms with E-state index >= 15 is 4.39 Å². The SMILES string of the molecule is COCC1CN(c2cc(Cl)c(C(=O)N3COc4c(cccc4-c4cc(N5CCOCC5)c(C(=O)O)cc4F)C3)c(Cl)c2)CCN1C. The van der Waals surface area contributed by atoms with Gasteiger partial charge in [-0.25, -0.2) is 9.18 Å². The summed E-state index contributed by atoms with van der Waals surface area (Å²) < 4.78 is 32.4. The number of amides is 1. The first-order valence-corrected chi connectivity index (χ1v) is 15.8. The summed E-state index contributed by atoms with van der Waals surface area (Å²) in [7, 11) is 3.75. The predicted molar refractivity (Wildman–Crippen MR) is 174 cm³/mol. The van der Waals surface area contributed by atoms with Crippen LogP contribution in [0.5, 0.6) is 5.75 Å². The van der Waals surface area contributed by atoms with Crippen molar-refractivity contribution in [1.82, 2.24) is 9.80 Å². The van der Waals surface area contributed by atoms with Crippen molar-refractivity contribution in [1.29, 1.82) is 0 Å². The van der Waals surface area contributed by atoms with Crippen LogP contribution in [0.3, 0.4) is 0 Å². The number of para-hydroxylation sites is 1. The summed E-state index contributed by atoms with van der Waals surface area (Å²) in [6, 6.07) is 11.6. The molecular weight excluding hydrogens is 638 g/mol. The third-order valence-corrected chi connectivity index (χ3v) is 9.41. The molecule has 3 heterocycles. The Bertz CT molecular complexity index is 1630. The normalized spacial score (nSPS) is 18.7. The molecule has 0 aliphatic carbocycles. The lowest BCUT2D eigenvalue weighted by molar-refractivity contribution is 0.0516. The van der Waals surface area contributed by atoms with E-state index in [4.69, 9.17) is 37.4 Å². The van der Waals surface area contributed by atoms with Crippen LogP contribution in [0.2, 0.25) is 10.0 Å². The van der Waals surface area contributed by atoms with E-state index in [0.29, 0.717) is 55.5 Å². The number of methoxy groups -OCH3 is 1. The number of rotatable bonds is 7. The van der Waals surface area contributed by atoms with Crippen LogP contribution in [0.25, 0.3) is 11.1 Å². The molecule has 3 aromatic carbocycles. The van der Waals surface area contributed by atoms with Crippen molar-refractivity contribution in [2.45, 2.75) is 12.6 Å². The molecule has 10 nitrogen and oxygen atoms in total. The van der Waals surface area contributed by atoms with Crippen molar-refractivity contribution in [3.8, 4) is 16.9 Å². The molecule has 2 saturated heterocycles. The highest BCUT2D eigenvalue weighted by Gasteiger charge is 2.31. The number of benzene rings is 3. The van der Waals surface area contributed by atoms with Gasteiger partial charge in [-0.05, 0) is 31.3 Å². The summed E-state index contributed by atoms with van der Waals surface area (Å²) in [6.07, 6.45) is 0. The van der Waals surface area contributed by atoms with Crippen LogP contribution in [-0.4, -0.2) is 106 Å². The molecule has 1 atom stereocenters. The zero-order valence-corrected chi connectivity index (χ0v) is 27.1. The number of carbonyl (C=O) groups excluding carboxylic acids is 1. The molecule has 3 aliphatic rings. The average molecular weight is 674 g/mol. The maximum Gasteiger partial charge on any atom is 0.337 e. The van der Waals surface area contributed by atoms with E-state index in [9.17, 15) is 14.7 Å². The second-order valence-electron chi connectivity index (χ2n) is 11.6. The van der Waals surface area contributed by atoms with Gasteiger partial charge in [-0.15, -0.1) is 0 Å². The minimum Gasteiger partial charge on any atom is -0.478 e. The van der Waals surface area contributed by atoms with Gasteiger partial charge in [0.2, 0.25) is 0 Å². The van der Waals surface area contributed by atoms with E-state index < -0.39 is 11.8 Å². The van der Waals surface area contributed by atoms with E-state index in [0.717, 1.165) is 31.4 Å². The zero-order chi connectivity index (χ0) is 32.5. The lowest BCUT2D eigenvalue weighted by Gasteiger charge is -2.40. The Hall–Kier alpha value is -3.61. The Balaban J connectivity index is 1.25. The molecule has 0 aromatic heterocycles. The van der Waals surface area contributed by atoms with Crippen LogP contribution in [0, 0.1) is 5.82 Å². The van der Waals surface area contributed by atoms with Crippen LogP contribution in [0.4, 0.5) is 15.8 Å². The van der Waals surface area contributed by atoms with Gasteiger partial charge in [0.1, 0.15) is 11.6 Å². The number of aromatic carboxylic acids is 1. The minimum absolute atomic E-state index is 0.112. The summed E-state index contributed by atoms with van der Waals surface area (Å²) in [4.78, 5) is 33.6. The quantitative estimate of drug-likeness (QED) is 0.368.